The molecule has 2 atom stereocenters. The Morgan fingerprint density at radius 3 is 3.06 bits per heavy atom. The van der Waals surface area contributed by atoms with Crippen molar-refractivity contribution in [3.63, 3.8) is 0 Å². The number of benzene rings is 1. The van der Waals surface area contributed by atoms with Crippen molar-refractivity contribution in [3.8, 4) is 11.8 Å². The van der Waals surface area contributed by atoms with Crippen molar-refractivity contribution in [2.45, 2.75) is 63.8 Å². The molecule has 0 saturated heterocycles. The fourth-order valence-electron chi connectivity index (χ4n) is 4.94. The maximum absolute atomic E-state index is 6.24. The van der Waals surface area contributed by atoms with E-state index in [1.807, 2.05) is 6.20 Å². The standard InChI is InChI=1S/C26H30N4O/c1-26(15-6-3-7-17-31-26)19-30-22-13-5-4-12-21(22)28-24(30)18-29(2)23-14-8-10-20-11-9-16-27-25(20)23/h4-5,9,11-13,16,23H,7-8,10,14-15,17-19H2,1-2H3. The molecule has 0 radical (unpaired) electrons. The summed E-state index contributed by atoms with van der Waals surface area (Å²) in [5.74, 6) is 7.57. The number of aryl methyl sites for hydroxylation is 1. The first-order valence-electron chi connectivity index (χ1n) is 11.3. The smallest absolute Gasteiger partial charge is 0.124 e. The van der Waals surface area contributed by atoms with Crippen LogP contribution in [0, 0.1) is 11.8 Å². The molecule has 0 fully saturated rings. The minimum absolute atomic E-state index is 0.306. The second kappa shape index (κ2) is 8.45. The maximum atomic E-state index is 6.24. The molecule has 0 N–H and O–H groups in total. The van der Waals surface area contributed by atoms with Gasteiger partial charge in [-0.15, -0.1) is 11.8 Å². The average Bonchev–Trinajstić information content (AvgIpc) is 2.96. The lowest BCUT2D eigenvalue weighted by molar-refractivity contribution is -0.0351. The molecule has 31 heavy (non-hydrogen) atoms. The summed E-state index contributed by atoms with van der Waals surface area (Å²) in [4.78, 5) is 12.2. The summed E-state index contributed by atoms with van der Waals surface area (Å²) in [6.07, 6.45) is 6.94. The van der Waals surface area contributed by atoms with Gasteiger partial charge in [0.05, 0.1) is 48.1 Å². The molecule has 1 aliphatic heterocycles. The minimum Gasteiger partial charge on any atom is -0.371 e. The Labute approximate surface area is 184 Å². The molecule has 1 aliphatic carbocycles. The number of ether oxygens (including phenoxy) is 1. The number of rotatable bonds is 5. The molecule has 0 spiro atoms. The second-order valence-electron chi connectivity index (χ2n) is 9.05. The highest BCUT2D eigenvalue weighted by Crippen LogP contribution is 2.33. The summed E-state index contributed by atoms with van der Waals surface area (Å²) in [6.45, 7) is 4.40. The molecule has 2 aromatic heterocycles. The lowest BCUT2D eigenvalue weighted by Gasteiger charge is -2.33. The van der Waals surface area contributed by atoms with Crippen molar-refractivity contribution in [1.82, 2.24) is 19.4 Å². The Hall–Kier alpha value is -2.68. The van der Waals surface area contributed by atoms with Crippen molar-refractivity contribution < 1.29 is 4.74 Å². The van der Waals surface area contributed by atoms with Gasteiger partial charge in [-0.1, -0.05) is 18.2 Å². The van der Waals surface area contributed by atoms with Crippen molar-refractivity contribution in [1.29, 1.82) is 0 Å². The summed E-state index contributed by atoms with van der Waals surface area (Å²) in [6, 6.07) is 13.0. The SMILES string of the molecule is CN(Cc1nc2ccccc2n1CC1(C)CC#CCCO1)C1CCCc2cccnc21. The molecule has 5 rings (SSSR count). The third kappa shape index (κ3) is 4.11. The van der Waals surface area contributed by atoms with Crippen molar-refractivity contribution in [3.05, 3.63) is 59.7 Å². The van der Waals surface area contributed by atoms with Gasteiger partial charge >= 0.3 is 0 Å². The summed E-state index contributed by atoms with van der Waals surface area (Å²) in [5, 5.41) is 0. The predicted octanol–water partition coefficient (Wildman–Crippen LogP) is 4.51. The molecular weight excluding hydrogens is 384 g/mol. The number of aromatic nitrogens is 3. The van der Waals surface area contributed by atoms with Gasteiger partial charge in [0.2, 0.25) is 0 Å². The third-order valence-corrected chi connectivity index (χ3v) is 6.58. The van der Waals surface area contributed by atoms with Gasteiger partial charge in [-0.05, 0) is 57.0 Å². The highest BCUT2D eigenvalue weighted by molar-refractivity contribution is 5.75. The Balaban J connectivity index is 1.46. The Bertz CT molecular complexity index is 1140. The van der Waals surface area contributed by atoms with Crippen LogP contribution in [0.3, 0.4) is 0 Å². The molecule has 5 nitrogen and oxygen atoms in total. The topological polar surface area (TPSA) is 43.2 Å². The van der Waals surface area contributed by atoms with Gasteiger partial charge in [0.1, 0.15) is 5.82 Å². The van der Waals surface area contributed by atoms with E-state index >= 15 is 0 Å². The Kier molecular flexibility index (Phi) is 5.52. The summed E-state index contributed by atoms with van der Waals surface area (Å²) in [5.41, 5.74) is 4.51. The molecule has 0 amide bonds. The van der Waals surface area contributed by atoms with E-state index in [4.69, 9.17) is 14.7 Å². The molecule has 0 bridgehead atoms. The quantitative estimate of drug-likeness (QED) is 0.576. The van der Waals surface area contributed by atoms with Crippen LogP contribution < -0.4 is 0 Å². The van der Waals surface area contributed by atoms with Crippen LogP contribution in [-0.4, -0.2) is 38.7 Å². The monoisotopic (exact) mass is 414 g/mol. The van der Waals surface area contributed by atoms with Gasteiger partial charge in [0, 0.05) is 19.0 Å². The van der Waals surface area contributed by atoms with E-state index in [-0.39, 0.29) is 5.60 Å². The fourth-order valence-corrected chi connectivity index (χ4v) is 4.94. The number of hydrogen-bond donors (Lipinski definition) is 0. The average molecular weight is 415 g/mol. The lowest BCUT2D eigenvalue weighted by atomic mass is 9.91. The molecule has 0 saturated carbocycles. The summed E-state index contributed by atoms with van der Waals surface area (Å²) in [7, 11) is 2.20. The normalized spacial score (nSPS) is 23.3. The van der Waals surface area contributed by atoms with E-state index in [2.05, 4.69) is 71.7 Å². The van der Waals surface area contributed by atoms with E-state index in [0.717, 1.165) is 55.6 Å². The van der Waals surface area contributed by atoms with Gasteiger partial charge in [0.15, 0.2) is 0 Å². The zero-order chi connectivity index (χ0) is 21.3. The summed E-state index contributed by atoms with van der Waals surface area (Å²) >= 11 is 0. The molecule has 3 heterocycles. The number of para-hydroxylation sites is 2. The van der Waals surface area contributed by atoms with E-state index in [9.17, 15) is 0 Å². The van der Waals surface area contributed by atoms with Crippen LogP contribution in [-0.2, 0) is 24.2 Å². The molecule has 2 aliphatic rings. The first-order chi connectivity index (χ1) is 15.1. The van der Waals surface area contributed by atoms with E-state index in [1.165, 1.54) is 17.7 Å². The second-order valence-corrected chi connectivity index (χ2v) is 9.05. The van der Waals surface area contributed by atoms with Gasteiger partial charge < -0.3 is 9.30 Å². The van der Waals surface area contributed by atoms with Crippen LogP contribution >= 0.6 is 0 Å². The Morgan fingerprint density at radius 1 is 1.23 bits per heavy atom. The molecule has 3 aromatic rings. The lowest BCUT2D eigenvalue weighted by Crippen LogP contribution is -2.35. The number of hydrogen-bond acceptors (Lipinski definition) is 4. The van der Waals surface area contributed by atoms with E-state index in [0.29, 0.717) is 12.6 Å². The van der Waals surface area contributed by atoms with E-state index in [1.54, 1.807) is 0 Å². The van der Waals surface area contributed by atoms with Crippen LogP contribution in [0.5, 0.6) is 0 Å². The first-order valence-corrected chi connectivity index (χ1v) is 11.3. The zero-order valence-electron chi connectivity index (χ0n) is 18.5. The molecule has 2 unspecified atom stereocenters. The van der Waals surface area contributed by atoms with Gasteiger partial charge in [0.25, 0.3) is 0 Å². The predicted molar refractivity (Wildman–Crippen MR) is 122 cm³/mol. The zero-order valence-corrected chi connectivity index (χ0v) is 18.5. The van der Waals surface area contributed by atoms with Crippen LogP contribution in [0.4, 0.5) is 0 Å². The van der Waals surface area contributed by atoms with Crippen molar-refractivity contribution >= 4 is 11.0 Å². The molecule has 1 aromatic carbocycles. The van der Waals surface area contributed by atoms with Crippen molar-refractivity contribution in [2.75, 3.05) is 13.7 Å². The van der Waals surface area contributed by atoms with Crippen molar-refractivity contribution in [2.24, 2.45) is 0 Å². The highest BCUT2D eigenvalue weighted by Gasteiger charge is 2.30. The number of pyridine rings is 1. The third-order valence-electron chi connectivity index (χ3n) is 6.58. The molecular formula is C26H30N4O. The van der Waals surface area contributed by atoms with Crippen LogP contribution in [0.25, 0.3) is 11.0 Å². The van der Waals surface area contributed by atoms with Gasteiger partial charge in [-0.3, -0.25) is 9.88 Å². The first kappa shape index (κ1) is 20.2. The largest absolute Gasteiger partial charge is 0.371 e. The minimum atomic E-state index is -0.306. The van der Waals surface area contributed by atoms with Crippen LogP contribution in [0.2, 0.25) is 0 Å². The number of imidazole rings is 1. The fraction of sp³-hybridized carbons (Fsp3) is 0.462. The maximum Gasteiger partial charge on any atom is 0.124 e. The number of nitrogens with zero attached hydrogens (tertiary/aromatic N) is 4. The van der Waals surface area contributed by atoms with Gasteiger partial charge in [-0.25, -0.2) is 4.98 Å². The van der Waals surface area contributed by atoms with Gasteiger partial charge in [-0.2, -0.15) is 0 Å². The van der Waals surface area contributed by atoms with E-state index < -0.39 is 0 Å². The Morgan fingerprint density at radius 2 is 2.13 bits per heavy atom. The number of fused-ring (bicyclic) bond motifs is 2. The molecule has 5 heteroatoms. The van der Waals surface area contributed by atoms with Crippen LogP contribution in [0.1, 0.15) is 55.7 Å². The highest BCUT2D eigenvalue weighted by atomic mass is 16.5. The molecule has 160 valence electrons. The summed E-state index contributed by atoms with van der Waals surface area (Å²) < 4.78 is 8.59. The van der Waals surface area contributed by atoms with Crippen LogP contribution in [0.15, 0.2) is 42.6 Å².